The number of hydrogen-bond acceptors (Lipinski definition) is 4. The minimum Gasteiger partial charge on any atom is -0.271 e. The van der Waals surface area contributed by atoms with Crippen molar-refractivity contribution in [3.05, 3.63) is 65.4 Å². The largest absolute Gasteiger partial charge is 0.271 e. The predicted octanol–water partition coefficient (Wildman–Crippen LogP) is 4.16. The number of fused-ring (bicyclic) bond motifs is 1. The Hall–Kier alpha value is -2.50. The maximum atomic E-state index is 6.18. The number of pyridine rings is 1. The van der Waals surface area contributed by atoms with E-state index in [4.69, 9.17) is 23.2 Å². The summed E-state index contributed by atoms with van der Waals surface area (Å²) in [6.07, 6.45) is 6.75. The normalized spacial score (nSPS) is 11.0. The number of rotatable bonds is 2. The van der Waals surface area contributed by atoms with Gasteiger partial charge < -0.3 is 0 Å². The second kappa shape index (κ2) is 5.61. The van der Waals surface area contributed by atoms with Gasteiger partial charge in [0, 0.05) is 18.0 Å². The molecule has 0 N–H and O–H groups in total. The maximum Gasteiger partial charge on any atom is 0.171 e. The molecule has 4 rings (SSSR count). The summed E-state index contributed by atoms with van der Waals surface area (Å²) in [4.78, 5) is 8.61. The summed E-state index contributed by atoms with van der Waals surface area (Å²) in [5.41, 5.74) is 4.13. The van der Waals surface area contributed by atoms with Crippen LogP contribution in [0.25, 0.3) is 28.0 Å². The lowest BCUT2D eigenvalue weighted by atomic mass is 10.0. The first-order valence-corrected chi connectivity index (χ1v) is 7.54. The van der Waals surface area contributed by atoms with Crippen LogP contribution in [0.15, 0.2) is 55.4 Å². The summed E-state index contributed by atoms with van der Waals surface area (Å²) in [6.45, 7) is 0. The molecule has 0 atom stereocenters. The molecular weight excluding hydrogens is 333 g/mol. The third-order valence-electron chi connectivity index (χ3n) is 3.51. The van der Waals surface area contributed by atoms with Gasteiger partial charge in [-0.2, -0.15) is 0 Å². The van der Waals surface area contributed by atoms with Gasteiger partial charge in [0.05, 0.1) is 21.3 Å². The zero-order valence-corrected chi connectivity index (χ0v) is 13.2. The zero-order chi connectivity index (χ0) is 15.8. The highest BCUT2D eigenvalue weighted by Crippen LogP contribution is 2.35. The molecule has 3 aromatic heterocycles. The Morgan fingerprint density at radius 2 is 1.70 bits per heavy atom. The van der Waals surface area contributed by atoms with Crippen LogP contribution in [0.2, 0.25) is 10.0 Å². The van der Waals surface area contributed by atoms with Crippen molar-refractivity contribution in [1.82, 2.24) is 24.6 Å². The first kappa shape index (κ1) is 14.1. The molecule has 0 amide bonds. The van der Waals surface area contributed by atoms with Crippen molar-refractivity contribution < 1.29 is 0 Å². The topological polar surface area (TPSA) is 56.0 Å². The van der Waals surface area contributed by atoms with Crippen molar-refractivity contribution in [3.63, 3.8) is 0 Å². The standard InChI is InChI=1S/C16H9Cl2N5/c17-12-2-1-11(7-13(12)18)14-15(10-3-5-19-6-4-10)20-8-23-9-21-22-16(14)23/h1-9H. The van der Waals surface area contributed by atoms with Gasteiger partial charge in [-0.15, -0.1) is 10.2 Å². The highest BCUT2D eigenvalue weighted by molar-refractivity contribution is 6.42. The van der Waals surface area contributed by atoms with Gasteiger partial charge in [-0.25, -0.2) is 4.98 Å². The van der Waals surface area contributed by atoms with E-state index in [-0.39, 0.29) is 0 Å². The van der Waals surface area contributed by atoms with Crippen LogP contribution in [0.3, 0.4) is 0 Å². The monoisotopic (exact) mass is 341 g/mol. The summed E-state index contributed by atoms with van der Waals surface area (Å²) in [5, 5.41) is 9.16. The Labute approximate surface area is 141 Å². The van der Waals surface area contributed by atoms with E-state index in [9.17, 15) is 0 Å². The van der Waals surface area contributed by atoms with Crippen LogP contribution in [-0.2, 0) is 0 Å². The number of nitrogens with zero attached hydrogens (tertiary/aromatic N) is 5. The quantitative estimate of drug-likeness (QED) is 0.549. The molecule has 0 saturated heterocycles. The molecule has 0 radical (unpaired) electrons. The van der Waals surface area contributed by atoms with Gasteiger partial charge in [0.25, 0.3) is 0 Å². The molecule has 0 bridgehead atoms. The van der Waals surface area contributed by atoms with E-state index < -0.39 is 0 Å². The smallest absolute Gasteiger partial charge is 0.171 e. The fraction of sp³-hybridized carbons (Fsp3) is 0. The molecule has 0 aliphatic rings. The van der Waals surface area contributed by atoms with Gasteiger partial charge in [0.2, 0.25) is 0 Å². The SMILES string of the molecule is Clc1ccc(-c2c(-c3ccncc3)ncn3cnnc23)cc1Cl. The summed E-state index contributed by atoms with van der Waals surface area (Å²) in [7, 11) is 0. The first-order chi connectivity index (χ1) is 11.2. The summed E-state index contributed by atoms with van der Waals surface area (Å²) < 4.78 is 1.77. The van der Waals surface area contributed by atoms with E-state index >= 15 is 0 Å². The molecule has 0 aliphatic carbocycles. The highest BCUT2D eigenvalue weighted by atomic mass is 35.5. The molecule has 0 saturated carbocycles. The molecule has 4 aromatic rings. The first-order valence-electron chi connectivity index (χ1n) is 6.78. The Morgan fingerprint density at radius 1 is 0.870 bits per heavy atom. The third-order valence-corrected chi connectivity index (χ3v) is 4.25. The Kier molecular flexibility index (Phi) is 3.44. The van der Waals surface area contributed by atoms with Crippen LogP contribution >= 0.6 is 23.2 Å². The van der Waals surface area contributed by atoms with Crippen LogP contribution < -0.4 is 0 Å². The number of hydrogen-bond donors (Lipinski definition) is 0. The van der Waals surface area contributed by atoms with E-state index in [0.717, 1.165) is 22.4 Å². The third kappa shape index (κ3) is 2.44. The van der Waals surface area contributed by atoms with Crippen molar-refractivity contribution >= 4 is 28.8 Å². The molecule has 0 fully saturated rings. The van der Waals surface area contributed by atoms with Crippen molar-refractivity contribution in [3.8, 4) is 22.4 Å². The van der Waals surface area contributed by atoms with Crippen LogP contribution in [0.4, 0.5) is 0 Å². The number of halogens is 2. The van der Waals surface area contributed by atoms with Gasteiger partial charge >= 0.3 is 0 Å². The summed E-state index contributed by atoms with van der Waals surface area (Å²) >= 11 is 12.2. The predicted molar refractivity (Wildman–Crippen MR) is 89.5 cm³/mol. The van der Waals surface area contributed by atoms with Crippen LogP contribution in [0.5, 0.6) is 0 Å². The van der Waals surface area contributed by atoms with Crippen LogP contribution in [0, 0.1) is 0 Å². The Bertz CT molecular complexity index is 998. The second-order valence-electron chi connectivity index (χ2n) is 4.89. The van der Waals surface area contributed by atoms with Crippen molar-refractivity contribution in [2.24, 2.45) is 0 Å². The fourth-order valence-corrected chi connectivity index (χ4v) is 2.74. The second-order valence-corrected chi connectivity index (χ2v) is 5.71. The van der Waals surface area contributed by atoms with Gasteiger partial charge in [-0.3, -0.25) is 9.38 Å². The zero-order valence-electron chi connectivity index (χ0n) is 11.7. The Balaban J connectivity index is 2.06. The molecule has 23 heavy (non-hydrogen) atoms. The van der Waals surface area contributed by atoms with E-state index in [1.807, 2.05) is 18.2 Å². The Morgan fingerprint density at radius 3 is 2.48 bits per heavy atom. The van der Waals surface area contributed by atoms with E-state index in [2.05, 4.69) is 20.2 Å². The van der Waals surface area contributed by atoms with Crippen LogP contribution in [0.1, 0.15) is 0 Å². The summed E-state index contributed by atoms with van der Waals surface area (Å²) in [6, 6.07) is 9.26. The van der Waals surface area contributed by atoms with Crippen molar-refractivity contribution in [2.75, 3.05) is 0 Å². The molecule has 1 aromatic carbocycles. The molecule has 0 aliphatic heterocycles. The van der Waals surface area contributed by atoms with Gasteiger partial charge in [0.15, 0.2) is 5.65 Å². The van der Waals surface area contributed by atoms with E-state index in [1.165, 1.54) is 0 Å². The van der Waals surface area contributed by atoms with Gasteiger partial charge in [0.1, 0.15) is 12.7 Å². The number of aromatic nitrogens is 5. The van der Waals surface area contributed by atoms with Crippen molar-refractivity contribution in [2.45, 2.75) is 0 Å². The lowest BCUT2D eigenvalue weighted by molar-refractivity contribution is 1.07. The number of benzene rings is 1. The summed E-state index contributed by atoms with van der Waals surface area (Å²) in [5.74, 6) is 0. The fourth-order valence-electron chi connectivity index (χ4n) is 2.44. The lowest BCUT2D eigenvalue weighted by Gasteiger charge is -2.11. The van der Waals surface area contributed by atoms with E-state index in [1.54, 1.807) is 41.6 Å². The molecule has 112 valence electrons. The molecule has 0 spiro atoms. The molecule has 5 nitrogen and oxygen atoms in total. The maximum absolute atomic E-state index is 6.18. The van der Waals surface area contributed by atoms with Gasteiger partial charge in [-0.05, 0) is 29.8 Å². The molecule has 3 heterocycles. The molecule has 7 heteroatoms. The highest BCUT2D eigenvalue weighted by Gasteiger charge is 2.16. The average molecular weight is 342 g/mol. The van der Waals surface area contributed by atoms with Crippen LogP contribution in [-0.4, -0.2) is 24.6 Å². The lowest BCUT2D eigenvalue weighted by Crippen LogP contribution is -1.96. The van der Waals surface area contributed by atoms with Gasteiger partial charge in [-0.1, -0.05) is 29.3 Å². The van der Waals surface area contributed by atoms with E-state index in [0.29, 0.717) is 15.7 Å². The molecular formula is C16H9Cl2N5. The minimum absolute atomic E-state index is 0.478. The molecule has 0 unspecified atom stereocenters. The minimum atomic E-state index is 0.478. The average Bonchev–Trinajstić information content (AvgIpc) is 3.06. The van der Waals surface area contributed by atoms with Crippen molar-refractivity contribution in [1.29, 1.82) is 0 Å².